The molecule has 0 aromatic rings. The van der Waals surface area contributed by atoms with Crippen LogP contribution in [0.3, 0.4) is 0 Å². The molecule has 11 heavy (non-hydrogen) atoms. The van der Waals surface area contributed by atoms with Crippen molar-refractivity contribution < 1.29 is 9.53 Å². The second-order valence-electron chi connectivity index (χ2n) is 3.21. The van der Waals surface area contributed by atoms with Crippen LogP contribution in [-0.2, 0) is 9.53 Å². The van der Waals surface area contributed by atoms with E-state index in [4.69, 9.17) is 4.74 Å². The minimum atomic E-state index is -0.0148. The summed E-state index contributed by atoms with van der Waals surface area (Å²) >= 11 is 0. The van der Waals surface area contributed by atoms with Gasteiger partial charge in [0.2, 0.25) is 0 Å². The summed E-state index contributed by atoms with van der Waals surface area (Å²) in [6.07, 6.45) is 5.04. The van der Waals surface area contributed by atoms with Gasteiger partial charge >= 0.3 is 5.97 Å². The first-order valence-corrected chi connectivity index (χ1v) is 4.19. The van der Waals surface area contributed by atoms with Crippen LogP contribution >= 0.6 is 0 Å². The van der Waals surface area contributed by atoms with Crippen molar-refractivity contribution in [2.75, 3.05) is 0 Å². The number of hydrogen-bond acceptors (Lipinski definition) is 2. The lowest BCUT2D eigenvalue weighted by atomic mass is 9.96. The second-order valence-corrected chi connectivity index (χ2v) is 3.21. The van der Waals surface area contributed by atoms with Gasteiger partial charge in [-0.2, -0.15) is 0 Å². The summed E-state index contributed by atoms with van der Waals surface area (Å²) in [5.74, 6) is 0.409. The third kappa shape index (κ3) is 0.971. The van der Waals surface area contributed by atoms with Gasteiger partial charge in [0.25, 0.3) is 0 Å². The molecule has 1 saturated heterocycles. The normalized spacial score (nSPS) is 35.0. The smallest absolute Gasteiger partial charge is 0.306 e. The fourth-order valence-electron chi connectivity index (χ4n) is 2.02. The Morgan fingerprint density at radius 1 is 1.73 bits per heavy atom. The summed E-state index contributed by atoms with van der Waals surface area (Å²) < 4.78 is 5.13. The molecule has 2 atom stereocenters. The van der Waals surface area contributed by atoms with E-state index in [1.807, 2.05) is 0 Å². The third-order valence-electron chi connectivity index (χ3n) is 2.62. The van der Waals surface area contributed by atoms with Crippen LogP contribution in [0.1, 0.15) is 26.2 Å². The SMILES string of the molecule is CCC1=CCC2OC(=O)CC12. The number of fused-ring (bicyclic) bond motifs is 1. The molecule has 2 aliphatic rings. The first-order valence-electron chi connectivity index (χ1n) is 4.19. The van der Waals surface area contributed by atoms with Crippen molar-refractivity contribution in [3.8, 4) is 0 Å². The van der Waals surface area contributed by atoms with Gasteiger partial charge in [0.1, 0.15) is 6.10 Å². The maximum Gasteiger partial charge on any atom is 0.306 e. The average Bonchev–Trinajstić information content (AvgIpc) is 2.45. The number of ether oxygens (including phenoxy) is 1. The molecule has 0 saturated carbocycles. The van der Waals surface area contributed by atoms with Crippen molar-refractivity contribution in [2.45, 2.75) is 32.3 Å². The summed E-state index contributed by atoms with van der Waals surface area (Å²) in [4.78, 5) is 10.9. The highest BCUT2D eigenvalue weighted by atomic mass is 16.5. The lowest BCUT2D eigenvalue weighted by Crippen LogP contribution is -2.10. The maximum absolute atomic E-state index is 10.9. The molecule has 0 amide bonds. The Bertz CT molecular complexity index is 218. The lowest BCUT2D eigenvalue weighted by Gasteiger charge is -2.08. The third-order valence-corrected chi connectivity index (χ3v) is 2.62. The zero-order chi connectivity index (χ0) is 7.84. The Morgan fingerprint density at radius 2 is 2.55 bits per heavy atom. The Labute approximate surface area is 66.2 Å². The van der Waals surface area contributed by atoms with Crippen molar-refractivity contribution >= 4 is 5.97 Å². The van der Waals surface area contributed by atoms with Gasteiger partial charge in [-0.3, -0.25) is 4.79 Å². The summed E-state index contributed by atoms with van der Waals surface area (Å²) in [6, 6.07) is 0. The molecule has 2 nitrogen and oxygen atoms in total. The zero-order valence-corrected chi connectivity index (χ0v) is 6.67. The molecule has 0 aromatic heterocycles. The molecule has 2 heteroatoms. The van der Waals surface area contributed by atoms with Crippen molar-refractivity contribution in [1.82, 2.24) is 0 Å². The zero-order valence-electron chi connectivity index (χ0n) is 6.67. The predicted molar refractivity (Wildman–Crippen MR) is 41.0 cm³/mol. The fraction of sp³-hybridized carbons (Fsp3) is 0.667. The Kier molecular flexibility index (Phi) is 1.48. The Balaban J connectivity index is 2.14. The van der Waals surface area contributed by atoms with Crippen LogP contribution in [-0.4, -0.2) is 12.1 Å². The van der Waals surface area contributed by atoms with Crippen molar-refractivity contribution in [3.05, 3.63) is 11.6 Å². The van der Waals surface area contributed by atoms with E-state index in [-0.39, 0.29) is 12.1 Å². The van der Waals surface area contributed by atoms with Crippen LogP contribution in [0, 0.1) is 5.92 Å². The number of hydrogen-bond donors (Lipinski definition) is 0. The summed E-state index contributed by atoms with van der Waals surface area (Å²) in [5.41, 5.74) is 1.42. The molecule has 0 spiro atoms. The first-order chi connectivity index (χ1) is 5.31. The van der Waals surface area contributed by atoms with E-state index >= 15 is 0 Å². The number of carbonyl (C=O) groups is 1. The van der Waals surface area contributed by atoms with Gasteiger partial charge in [0.15, 0.2) is 0 Å². The van der Waals surface area contributed by atoms with Crippen molar-refractivity contribution in [1.29, 1.82) is 0 Å². The van der Waals surface area contributed by atoms with Crippen LogP contribution in [0.5, 0.6) is 0 Å². The summed E-state index contributed by atoms with van der Waals surface area (Å²) in [6.45, 7) is 2.14. The molecule has 1 aliphatic carbocycles. The highest BCUT2D eigenvalue weighted by Crippen LogP contribution is 2.37. The number of esters is 1. The lowest BCUT2D eigenvalue weighted by molar-refractivity contribution is -0.141. The van der Waals surface area contributed by atoms with E-state index < -0.39 is 0 Å². The number of carbonyl (C=O) groups excluding carboxylic acids is 1. The predicted octanol–water partition coefficient (Wildman–Crippen LogP) is 1.66. The van der Waals surface area contributed by atoms with Gasteiger partial charge in [-0.25, -0.2) is 0 Å². The molecule has 0 aromatic carbocycles. The van der Waals surface area contributed by atoms with Crippen LogP contribution in [0.2, 0.25) is 0 Å². The van der Waals surface area contributed by atoms with Gasteiger partial charge in [0.05, 0.1) is 6.42 Å². The van der Waals surface area contributed by atoms with E-state index in [9.17, 15) is 4.79 Å². The van der Waals surface area contributed by atoms with Crippen molar-refractivity contribution in [3.63, 3.8) is 0 Å². The van der Waals surface area contributed by atoms with E-state index in [1.165, 1.54) is 5.57 Å². The van der Waals surface area contributed by atoms with Crippen LogP contribution in [0.4, 0.5) is 0 Å². The van der Waals surface area contributed by atoms with Gasteiger partial charge in [-0.1, -0.05) is 18.6 Å². The molecular formula is C9H12O2. The monoisotopic (exact) mass is 152 g/mol. The molecule has 1 fully saturated rings. The van der Waals surface area contributed by atoms with E-state index in [0.29, 0.717) is 12.3 Å². The molecular weight excluding hydrogens is 140 g/mol. The maximum atomic E-state index is 10.9. The van der Waals surface area contributed by atoms with Gasteiger partial charge in [0, 0.05) is 12.3 Å². The first kappa shape index (κ1) is 6.89. The molecule has 2 rings (SSSR count). The minimum absolute atomic E-state index is 0.0148. The molecule has 1 aliphatic heterocycles. The fourth-order valence-corrected chi connectivity index (χ4v) is 2.02. The Hall–Kier alpha value is -0.790. The topological polar surface area (TPSA) is 26.3 Å². The van der Waals surface area contributed by atoms with Crippen LogP contribution in [0.25, 0.3) is 0 Å². The molecule has 0 radical (unpaired) electrons. The van der Waals surface area contributed by atoms with E-state index in [2.05, 4.69) is 13.0 Å². The van der Waals surface area contributed by atoms with Crippen LogP contribution in [0.15, 0.2) is 11.6 Å². The molecule has 0 bridgehead atoms. The Morgan fingerprint density at radius 3 is 3.27 bits per heavy atom. The van der Waals surface area contributed by atoms with E-state index in [1.54, 1.807) is 0 Å². The molecule has 0 N–H and O–H groups in total. The molecule has 2 unspecified atom stereocenters. The largest absolute Gasteiger partial charge is 0.461 e. The average molecular weight is 152 g/mol. The quantitative estimate of drug-likeness (QED) is 0.422. The molecule has 1 heterocycles. The van der Waals surface area contributed by atoms with Gasteiger partial charge in [-0.05, 0) is 6.42 Å². The van der Waals surface area contributed by atoms with E-state index in [0.717, 1.165) is 12.8 Å². The van der Waals surface area contributed by atoms with Crippen molar-refractivity contribution in [2.24, 2.45) is 5.92 Å². The number of rotatable bonds is 1. The molecule has 60 valence electrons. The highest BCUT2D eigenvalue weighted by molar-refractivity contribution is 5.73. The second kappa shape index (κ2) is 2.36. The van der Waals surface area contributed by atoms with Gasteiger partial charge < -0.3 is 4.74 Å². The van der Waals surface area contributed by atoms with Crippen LogP contribution < -0.4 is 0 Å². The summed E-state index contributed by atoms with van der Waals surface area (Å²) in [7, 11) is 0. The highest BCUT2D eigenvalue weighted by Gasteiger charge is 2.39. The minimum Gasteiger partial charge on any atom is -0.461 e. The van der Waals surface area contributed by atoms with Gasteiger partial charge in [-0.15, -0.1) is 0 Å². The summed E-state index contributed by atoms with van der Waals surface area (Å²) in [5, 5.41) is 0. The standard InChI is InChI=1S/C9H12O2/c1-2-6-3-4-8-7(6)5-9(10)11-8/h3,7-8H,2,4-5H2,1H3.